The van der Waals surface area contributed by atoms with Crippen LogP contribution in [0.25, 0.3) is 0 Å². The maximum atomic E-state index is 8.85. The van der Waals surface area contributed by atoms with Crippen molar-refractivity contribution in [2.75, 3.05) is 0 Å². The molecule has 0 spiro atoms. The minimum atomic E-state index is -0.00609. The van der Waals surface area contributed by atoms with E-state index in [2.05, 4.69) is 24.0 Å². The van der Waals surface area contributed by atoms with Gasteiger partial charge >= 0.3 is 0 Å². The molecule has 110 valence electrons. The van der Waals surface area contributed by atoms with Gasteiger partial charge in [-0.25, -0.2) is 0 Å². The van der Waals surface area contributed by atoms with Crippen molar-refractivity contribution in [2.45, 2.75) is 26.2 Å². The molecule has 5 nitrogen and oxygen atoms in total. The van der Waals surface area contributed by atoms with Gasteiger partial charge in [-0.2, -0.15) is 0 Å². The van der Waals surface area contributed by atoms with E-state index in [4.69, 9.17) is 15.7 Å². The zero-order chi connectivity index (χ0) is 15.2. The van der Waals surface area contributed by atoms with E-state index in [-0.39, 0.29) is 5.84 Å². The Kier molecular flexibility index (Phi) is 4.77. The maximum Gasteiger partial charge on any atom is 0.173 e. The topological polar surface area (TPSA) is 80.7 Å². The molecule has 1 aromatic heterocycles. The molecule has 0 saturated heterocycles. The number of pyridine rings is 1. The molecule has 21 heavy (non-hydrogen) atoms. The average Bonchev–Trinajstić information content (AvgIpc) is 2.54. The van der Waals surface area contributed by atoms with Crippen LogP contribution in [-0.4, -0.2) is 16.0 Å². The lowest BCUT2D eigenvalue weighted by Crippen LogP contribution is -2.14. The van der Waals surface area contributed by atoms with Crippen molar-refractivity contribution in [3.63, 3.8) is 0 Å². The molecular formula is C16H19N3O2. The quantitative estimate of drug-likeness (QED) is 0.381. The van der Waals surface area contributed by atoms with Crippen LogP contribution in [-0.2, 0) is 0 Å². The first-order chi connectivity index (χ1) is 10.2. The summed E-state index contributed by atoms with van der Waals surface area (Å²) in [6.07, 6.45) is 4.14. The van der Waals surface area contributed by atoms with Gasteiger partial charge in [0.15, 0.2) is 11.6 Å². The second-order valence-corrected chi connectivity index (χ2v) is 4.81. The van der Waals surface area contributed by atoms with Crippen LogP contribution < -0.4 is 10.5 Å². The summed E-state index contributed by atoms with van der Waals surface area (Å²) in [6.45, 7) is 4.28. The van der Waals surface area contributed by atoms with E-state index in [1.807, 2.05) is 24.3 Å². The molecule has 1 heterocycles. The summed E-state index contributed by atoms with van der Waals surface area (Å²) in [5.74, 6) is 1.59. The van der Waals surface area contributed by atoms with Gasteiger partial charge in [0, 0.05) is 6.20 Å². The zero-order valence-corrected chi connectivity index (χ0v) is 12.2. The van der Waals surface area contributed by atoms with E-state index in [1.54, 1.807) is 18.5 Å². The minimum absolute atomic E-state index is 0.00609. The molecule has 3 N–H and O–H groups in total. The van der Waals surface area contributed by atoms with Gasteiger partial charge in [-0.15, -0.1) is 0 Å². The average molecular weight is 285 g/mol. The molecule has 1 unspecified atom stereocenters. The molecule has 0 amide bonds. The summed E-state index contributed by atoms with van der Waals surface area (Å²) in [5.41, 5.74) is 7.29. The third-order valence-corrected chi connectivity index (χ3v) is 3.45. The number of amidine groups is 1. The third kappa shape index (κ3) is 3.31. The van der Waals surface area contributed by atoms with E-state index >= 15 is 0 Å². The van der Waals surface area contributed by atoms with Crippen LogP contribution >= 0.6 is 0 Å². The Labute approximate surface area is 124 Å². The monoisotopic (exact) mass is 285 g/mol. The van der Waals surface area contributed by atoms with Gasteiger partial charge in [0.1, 0.15) is 5.75 Å². The van der Waals surface area contributed by atoms with Gasteiger partial charge in [0.2, 0.25) is 0 Å². The predicted octanol–water partition coefficient (Wildman–Crippen LogP) is 3.48. The van der Waals surface area contributed by atoms with Crippen LogP contribution in [0.5, 0.6) is 11.5 Å². The Morgan fingerprint density at radius 2 is 2.10 bits per heavy atom. The zero-order valence-electron chi connectivity index (χ0n) is 12.2. The largest absolute Gasteiger partial charge is 0.455 e. The molecule has 0 fully saturated rings. The molecule has 0 bridgehead atoms. The van der Waals surface area contributed by atoms with Gasteiger partial charge in [-0.1, -0.05) is 37.2 Å². The van der Waals surface area contributed by atoms with Crippen molar-refractivity contribution in [3.05, 3.63) is 53.9 Å². The molecule has 1 atom stereocenters. The number of nitrogens with zero attached hydrogens (tertiary/aromatic N) is 2. The molecule has 2 aromatic rings. The first-order valence-electron chi connectivity index (χ1n) is 6.86. The number of para-hydroxylation sites is 1. The Morgan fingerprint density at radius 1 is 1.33 bits per heavy atom. The highest BCUT2D eigenvalue weighted by Crippen LogP contribution is 2.32. The van der Waals surface area contributed by atoms with Gasteiger partial charge in [-0.05, 0) is 30.0 Å². The highest BCUT2D eigenvalue weighted by molar-refractivity contribution is 5.99. The number of hydrogen-bond acceptors (Lipinski definition) is 4. The number of rotatable bonds is 5. The third-order valence-electron chi connectivity index (χ3n) is 3.45. The molecule has 0 aliphatic carbocycles. The van der Waals surface area contributed by atoms with Crippen molar-refractivity contribution in [3.8, 4) is 11.5 Å². The van der Waals surface area contributed by atoms with Gasteiger partial charge in [0.25, 0.3) is 0 Å². The van der Waals surface area contributed by atoms with Crippen LogP contribution in [0, 0.1) is 0 Å². The number of aromatic nitrogens is 1. The number of oxime groups is 1. The number of nitrogens with two attached hydrogens (primary N) is 1. The van der Waals surface area contributed by atoms with Crippen molar-refractivity contribution >= 4 is 5.84 Å². The number of hydrogen-bond donors (Lipinski definition) is 2. The standard InChI is InChI=1S/C16H19N3O2/c1-3-11(2)12-6-4-5-7-14(12)21-15-10-18-9-8-13(15)16(17)19-20/h4-11,20H,3H2,1-2H3,(H2,17,19). The van der Waals surface area contributed by atoms with Crippen LogP contribution in [0.2, 0.25) is 0 Å². The highest BCUT2D eigenvalue weighted by atomic mass is 16.5. The van der Waals surface area contributed by atoms with E-state index in [0.29, 0.717) is 17.2 Å². The fraction of sp³-hybridized carbons (Fsp3) is 0.250. The first-order valence-corrected chi connectivity index (χ1v) is 6.86. The van der Waals surface area contributed by atoms with Crippen molar-refractivity contribution in [1.82, 2.24) is 4.98 Å². The smallest absolute Gasteiger partial charge is 0.173 e. The van der Waals surface area contributed by atoms with Gasteiger partial charge in [0.05, 0.1) is 11.8 Å². The van der Waals surface area contributed by atoms with Crippen molar-refractivity contribution in [2.24, 2.45) is 10.9 Å². The van der Waals surface area contributed by atoms with Crippen LogP contribution in [0.4, 0.5) is 0 Å². The highest BCUT2D eigenvalue weighted by Gasteiger charge is 2.14. The molecule has 0 radical (unpaired) electrons. The Bertz CT molecular complexity index is 641. The van der Waals surface area contributed by atoms with Crippen LogP contribution in [0.15, 0.2) is 47.9 Å². The number of ether oxygens (including phenoxy) is 1. The van der Waals surface area contributed by atoms with E-state index in [9.17, 15) is 0 Å². The molecular weight excluding hydrogens is 266 g/mol. The first kappa shape index (κ1) is 14.8. The number of benzene rings is 1. The lowest BCUT2D eigenvalue weighted by atomic mass is 9.98. The fourth-order valence-electron chi connectivity index (χ4n) is 2.05. The fourth-order valence-corrected chi connectivity index (χ4v) is 2.05. The van der Waals surface area contributed by atoms with Crippen LogP contribution in [0.3, 0.4) is 0 Å². The molecule has 0 aliphatic heterocycles. The summed E-state index contributed by atoms with van der Waals surface area (Å²) in [4.78, 5) is 4.04. The summed E-state index contributed by atoms with van der Waals surface area (Å²) in [6, 6.07) is 9.51. The predicted molar refractivity (Wildman–Crippen MR) is 82.0 cm³/mol. The lowest BCUT2D eigenvalue weighted by Gasteiger charge is -2.16. The summed E-state index contributed by atoms with van der Waals surface area (Å²) >= 11 is 0. The molecule has 5 heteroatoms. The molecule has 1 aromatic carbocycles. The Hall–Kier alpha value is -2.56. The van der Waals surface area contributed by atoms with Gasteiger partial charge < -0.3 is 15.7 Å². The second kappa shape index (κ2) is 6.74. The van der Waals surface area contributed by atoms with E-state index in [1.165, 1.54) is 0 Å². The van der Waals surface area contributed by atoms with E-state index in [0.717, 1.165) is 17.7 Å². The second-order valence-electron chi connectivity index (χ2n) is 4.81. The molecule has 2 rings (SSSR count). The molecule has 0 saturated carbocycles. The van der Waals surface area contributed by atoms with Gasteiger partial charge in [-0.3, -0.25) is 4.98 Å². The Morgan fingerprint density at radius 3 is 2.81 bits per heavy atom. The summed E-state index contributed by atoms with van der Waals surface area (Å²) in [5, 5.41) is 11.9. The van der Waals surface area contributed by atoms with Crippen molar-refractivity contribution in [1.29, 1.82) is 0 Å². The summed E-state index contributed by atoms with van der Waals surface area (Å²) < 4.78 is 5.95. The SMILES string of the molecule is CCC(C)c1ccccc1Oc1cnccc1/C(N)=N/O. The maximum absolute atomic E-state index is 8.85. The lowest BCUT2D eigenvalue weighted by molar-refractivity contribution is 0.318. The Balaban J connectivity index is 2.40. The molecule has 0 aliphatic rings. The summed E-state index contributed by atoms with van der Waals surface area (Å²) in [7, 11) is 0. The van der Waals surface area contributed by atoms with Crippen LogP contribution in [0.1, 0.15) is 37.3 Å². The van der Waals surface area contributed by atoms with Crippen molar-refractivity contribution < 1.29 is 9.94 Å². The van der Waals surface area contributed by atoms with E-state index < -0.39 is 0 Å². The normalized spacial score (nSPS) is 13.0. The minimum Gasteiger partial charge on any atom is -0.455 e.